The zero-order chi connectivity index (χ0) is 20.7. The van der Waals surface area contributed by atoms with Gasteiger partial charge in [0.25, 0.3) is 0 Å². The molecule has 6 nitrogen and oxygen atoms in total. The van der Waals surface area contributed by atoms with E-state index in [0.29, 0.717) is 12.2 Å². The summed E-state index contributed by atoms with van der Waals surface area (Å²) in [4.78, 5) is 12.4. The van der Waals surface area contributed by atoms with Crippen molar-refractivity contribution in [2.45, 2.75) is 31.6 Å². The van der Waals surface area contributed by atoms with Crippen LogP contribution in [0.3, 0.4) is 0 Å². The summed E-state index contributed by atoms with van der Waals surface area (Å²) in [5.41, 5.74) is 2.40. The number of carbonyl (C=O) groups excluding carboxylic acids is 1. The van der Waals surface area contributed by atoms with E-state index in [1.165, 1.54) is 4.31 Å². The fourth-order valence-corrected chi connectivity index (χ4v) is 4.25. The first-order valence-corrected chi connectivity index (χ1v) is 11.3. The lowest BCUT2D eigenvalue weighted by Crippen LogP contribution is -2.28. The van der Waals surface area contributed by atoms with Crippen molar-refractivity contribution in [2.24, 2.45) is 0 Å². The fourth-order valence-electron chi connectivity index (χ4n) is 2.57. The number of hydrogen-bond acceptors (Lipinski definition) is 4. The quantitative estimate of drug-likeness (QED) is 0.578. The highest BCUT2D eigenvalue weighted by Gasteiger charge is 2.19. The molecule has 1 amide bonds. The van der Waals surface area contributed by atoms with E-state index in [4.69, 9.17) is 0 Å². The lowest BCUT2D eigenvalue weighted by Gasteiger charge is -2.17. The molecule has 0 saturated carbocycles. The minimum Gasteiger partial charge on any atom is -0.376 e. The Bertz CT molecular complexity index is 915. The zero-order valence-electron chi connectivity index (χ0n) is 16.3. The van der Waals surface area contributed by atoms with Gasteiger partial charge >= 0.3 is 0 Å². The summed E-state index contributed by atoms with van der Waals surface area (Å²) < 4.78 is 27.3. The number of sulfonamides is 1. The molecule has 28 heavy (non-hydrogen) atoms. The van der Waals surface area contributed by atoms with Gasteiger partial charge in [-0.3, -0.25) is 4.79 Å². The molecule has 0 aliphatic heterocycles. The lowest BCUT2D eigenvalue weighted by atomic mass is 10.2. The third-order valence-electron chi connectivity index (χ3n) is 4.30. The maximum Gasteiger partial charge on any atom is 0.243 e. The van der Waals surface area contributed by atoms with Crippen LogP contribution in [0.25, 0.3) is 0 Å². The van der Waals surface area contributed by atoms with Gasteiger partial charge in [-0.05, 0) is 61.4 Å². The Kier molecular flexibility index (Phi) is 8.03. The van der Waals surface area contributed by atoms with Gasteiger partial charge < -0.3 is 10.6 Å². The highest BCUT2D eigenvalue weighted by molar-refractivity contribution is 9.10. The molecule has 2 N–H and O–H groups in total. The molecule has 0 atom stereocenters. The summed E-state index contributed by atoms with van der Waals surface area (Å²) >= 11 is 3.39. The SMILES string of the molecule is CCCCN(C)S(=O)(=O)c1ccc(NCC(=O)Nc2ccc(Br)cc2C)cc1. The first-order chi connectivity index (χ1) is 13.2. The number of carbonyl (C=O) groups is 1. The van der Waals surface area contributed by atoms with Gasteiger partial charge in [-0.15, -0.1) is 0 Å². The zero-order valence-corrected chi connectivity index (χ0v) is 18.7. The van der Waals surface area contributed by atoms with Gasteiger partial charge in [0, 0.05) is 29.4 Å². The second kappa shape index (κ2) is 10.0. The average Bonchev–Trinajstić information content (AvgIpc) is 2.67. The van der Waals surface area contributed by atoms with E-state index in [1.807, 2.05) is 32.0 Å². The second-order valence-electron chi connectivity index (χ2n) is 6.57. The summed E-state index contributed by atoms with van der Waals surface area (Å²) in [7, 11) is -1.90. The van der Waals surface area contributed by atoms with Crippen molar-refractivity contribution in [2.75, 3.05) is 30.8 Å². The van der Waals surface area contributed by atoms with E-state index in [9.17, 15) is 13.2 Å². The van der Waals surface area contributed by atoms with Crippen LogP contribution in [0.2, 0.25) is 0 Å². The first kappa shape index (κ1) is 22.4. The van der Waals surface area contributed by atoms with Gasteiger partial charge in [0.2, 0.25) is 15.9 Å². The number of anilines is 2. The Labute approximate surface area is 175 Å². The van der Waals surface area contributed by atoms with Gasteiger partial charge in [-0.25, -0.2) is 12.7 Å². The molecular formula is C20H26BrN3O3S. The van der Waals surface area contributed by atoms with Crippen molar-refractivity contribution in [3.8, 4) is 0 Å². The lowest BCUT2D eigenvalue weighted by molar-refractivity contribution is -0.114. The number of hydrogen-bond donors (Lipinski definition) is 2. The van der Waals surface area contributed by atoms with Crippen LogP contribution in [0.5, 0.6) is 0 Å². The second-order valence-corrected chi connectivity index (χ2v) is 9.53. The molecule has 0 heterocycles. The molecule has 0 radical (unpaired) electrons. The number of halogens is 1. The summed E-state index contributed by atoms with van der Waals surface area (Å²) in [6.45, 7) is 4.52. The van der Waals surface area contributed by atoms with Gasteiger partial charge in [0.05, 0.1) is 11.4 Å². The average molecular weight is 468 g/mol. The van der Waals surface area contributed by atoms with Gasteiger partial charge in [0.1, 0.15) is 0 Å². The highest BCUT2D eigenvalue weighted by atomic mass is 79.9. The van der Waals surface area contributed by atoms with Crippen molar-refractivity contribution >= 4 is 43.2 Å². The predicted molar refractivity (Wildman–Crippen MR) is 117 cm³/mol. The summed E-state index contributed by atoms with van der Waals surface area (Å²) in [5.74, 6) is -0.179. The summed E-state index contributed by atoms with van der Waals surface area (Å²) in [6, 6.07) is 12.1. The van der Waals surface area contributed by atoms with Crippen LogP contribution < -0.4 is 10.6 Å². The monoisotopic (exact) mass is 467 g/mol. The molecule has 152 valence electrons. The van der Waals surface area contributed by atoms with Crippen LogP contribution in [0.15, 0.2) is 51.8 Å². The largest absolute Gasteiger partial charge is 0.376 e. The van der Waals surface area contributed by atoms with Crippen molar-refractivity contribution in [1.29, 1.82) is 0 Å². The standard InChI is InChI=1S/C20H26BrN3O3S/c1-4-5-12-24(3)28(26,27)18-9-7-17(8-10-18)22-14-20(25)23-19-11-6-16(21)13-15(19)2/h6-11,13,22H,4-5,12,14H2,1-3H3,(H,23,25). The minimum absolute atomic E-state index is 0.0814. The number of nitrogens with zero attached hydrogens (tertiary/aromatic N) is 1. The third kappa shape index (κ3) is 6.05. The normalized spacial score (nSPS) is 11.5. The maximum absolute atomic E-state index is 12.5. The number of nitrogens with one attached hydrogen (secondary N) is 2. The Balaban J connectivity index is 1.94. The molecule has 8 heteroatoms. The Morgan fingerprint density at radius 3 is 2.43 bits per heavy atom. The van der Waals surface area contributed by atoms with Gasteiger partial charge in [0.15, 0.2) is 0 Å². The van der Waals surface area contributed by atoms with Gasteiger partial charge in [-0.1, -0.05) is 29.3 Å². The Hall–Kier alpha value is -1.90. The van der Waals surface area contributed by atoms with E-state index in [-0.39, 0.29) is 17.3 Å². The van der Waals surface area contributed by atoms with E-state index < -0.39 is 10.0 Å². The van der Waals surface area contributed by atoms with Crippen LogP contribution in [-0.4, -0.2) is 38.8 Å². The van der Waals surface area contributed by atoms with E-state index in [0.717, 1.165) is 28.6 Å². The summed E-state index contributed by atoms with van der Waals surface area (Å²) in [6.07, 6.45) is 1.76. The van der Waals surface area contributed by atoms with Crippen LogP contribution in [0.1, 0.15) is 25.3 Å². The molecule has 0 aliphatic carbocycles. The molecule has 2 aromatic rings. The number of benzene rings is 2. The number of amides is 1. The molecule has 2 aromatic carbocycles. The topological polar surface area (TPSA) is 78.5 Å². The minimum atomic E-state index is -3.49. The van der Waals surface area contributed by atoms with Crippen LogP contribution in [0, 0.1) is 6.92 Å². The van der Waals surface area contributed by atoms with Crippen molar-refractivity contribution in [3.05, 3.63) is 52.5 Å². The molecule has 0 saturated heterocycles. The molecule has 0 unspecified atom stereocenters. The van der Waals surface area contributed by atoms with Crippen LogP contribution in [-0.2, 0) is 14.8 Å². The van der Waals surface area contributed by atoms with Gasteiger partial charge in [-0.2, -0.15) is 0 Å². The van der Waals surface area contributed by atoms with E-state index >= 15 is 0 Å². The first-order valence-electron chi connectivity index (χ1n) is 9.10. The number of unbranched alkanes of at least 4 members (excludes halogenated alkanes) is 1. The maximum atomic E-state index is 12.5. The smallest absolute Gasteiger partial charge is 0.243 e. The van der Waals surface area contributed by atoms with E-state index in [2.05, 4.69) is 26.6 Å². The fraction of sp³-hybridized carbons (Fsp3) is 0.350. The number of aryl methyl sites for hydroxylation is 1. The van der Waals surface area contributed by atoms with Crippen molar-refractivity contribution in [3.63, 3.8) is 0 Å². The van der Waals surface area contributed by atoms with E-state index in [1.54, 1.807) is 31.3 Å². The summed E-state index contributed by atoms with van der Waals surface area (Å²) in [5, 5.41) is 5.86. The molecule has 0 aliphatic rings. The van der Waals surface area contributed by atoms with Crippen molar-refractivity contribution < 1.29 is 13.2 Å². The molecular weight excluding hydrogens is 442 g/mol. The highest BCUT2D eigenvalue weighted by Crippen LogP contribution is 2.20. The Morgan fingerprint density at radius 1 is 1.14 bits per heavy atom. The third-order valence-corrected chi connectivity index (χ3v) is 6.67. The molecule has 0 bridgehead atoms. The van der Waals surface area contributed by atoms with Crippen LogP contribution in [0.4, 0.5) is 11.4 Å². The molecule has 0 fully saturated rings. The predicted octanol–water partition coefficient (Wildman–Crippen LogP) is 4.23. The van der Waals surface area contributed by atoms with Crippen molar-refractivity contribution in [1.82, 2.24) is 4.31 Å². The number of rotatable bonds is 9. The molecule has 0 aromatic heterocycles. The van der Waals surface area contributed by atoms with Crippen LogP contribution >= 0.6 is 15.9 Å². The molecule has 2 rings (SSSR count). The Morgan fingerprint density at radius 2 is 1.82 bits per heavy atom. The molecule has 0 spiro atoms.